The zero-order valence-electron chi connectivity index (χ0n) is 15.5. The van der Waals surface area contributed by atoms with Gasteiger partial charge in [0.05, 0.1) is 25.2 Å². The van der Waals surface area contributed by atoms with Crippen LogP contribution in [0.15, 0.2) is 36.4 Å². The van der Waals surface area contributed by atoms with E-state index in [1.165, 1.54) is 18.2 Å². The number of urea groups is 1. The maximum absolute atomic E-state index is 12.8. The number of likely N-dealkylation sites (tertiary alicyclic amines) is 1. The van der Waals surface area contributed by atoms with E-state index in [0.717, 1.165) is 18.4 Å². The summed E-state index contributed by atoms with van der Waals surface area (Å²) in [6.45, 7) is 0.571. The van der Waals surface area contributed by atoms with E-state index in [9.17, 15) is 14.9 Å². The zero-order chi connectivity index (χ0) is 20.3. The number of amides is 2. The third-order valence-corrected chi connectivity index (χ3v) is 5.03. The predicted octanol–water partition coefficient (Wildman–Crippen LogP) is 4.63. The SMILES string of the molecule is COc1ccc(C2CCCN2C(=O)Nc2ccc(Cl)c([N+](=O)[O-])c2)c(OC)c1. The van der Waals surface area contributed by atoms with Crippen LogP contribution in [-0.4, -0.2) is 36.6 Å². The van der Waals surface area contributed by atoms with Gasteiger partial charge >= 0.3 is 6.03 Å². The van der Waals surface area contributed by atoms with E-state index < -0.39 is 4.92 Å². The van der Waals surface area contributed by atoms with Crippen molar-refractivity contribution in [3.05, 3.63) is 57.1 Å². The molecule has 0 aliphatic carbocycles. The van der Waals surface area contributed by atoms with Crippen LogP contribution in [0.1, 0.15) is 24.4 Å². The molecule has 0 aromatic heterocycles. The number of nitrogens with zero attached hydrogens (tertiary/aromatic N) is 2. The number of carbonyl (C=O) groups is 1. The molecule has 0 saturated carbocycles. The smallest absolute Gasteiger partial charge is 0.322 e. The Morgan fingerprint density at radius 3 is 2.71 bits per heavy atom. The van der Waals surface area contributed by atoms with Crippen molar-refractivity contribution in [2.24, 2.45) is 0 Å². The van der Waals surface area contributed by atoms with E-state index in [1.54, 1.807) is 25.2 Å². The molecular formula is C19H20ClN3O5. The molecule has 1 heterocycles. The lowest BCUT2D eigenvalue weighted by atomic mass is 10.0. The Balaban J connectivity index is 1.82. The highest BCUT2D eigenvalue weighted by atomic mass is 35.5. The molecule has 0 radical (unpaired) electrons. The van der Waals surface area contributed by atoms with E-state index in [0.29, 0.717) is 23.7 Å². The number of nitrogens with one attached hydrogen (secondary N) is 1. The second-order valence-electron chi connectivity index (χ2n) is 6.31. The fourth-order valence-corrected chi connectivity index (χ4v) is 3.54. The molecule has 2 aromatic rings. The van der Waals surface area contributed by atoms with Crippen molar-refractivity contribution >= 4 is 29.0 Å². The minimum Gasteiger partial charge on any atom is -0.497 e. The molecule has 1 N–H and O–H groups in total. The first-order valence-corrected chi connectivity index (χ1v) is 9.06. The van der Waals surface area contributed by atoms with E-state index in [4.69, 9.17) is 21.1 Å². The number of ether oxygens (including phenoxy) is 2. The summed E-state index contributed by atoms with van der Waals surface area (Å²) in [5.74, 6) is 1.31. The molecule has 2 aromatic carbocycles. The minimum absolute atomic E-state index is 0.0185. The number of nitro groups is 1. The largest absolute Gasteiger partial charge is 0.497 e. The molecule has 1 aliphatic rings. The highest BCUT2D eigenvalue weighted by molar-refractivity contribution is 6.32. The summed E-state index contributed by atoms with van der Waals surface area (Å²) in [4.78, 5) is 25.0. The molecule has 8 nitrogen and oxygen atoms in total. The van der Waals surface area contributed by atoms with Gasteiger partial charge in [-0.05, 0) is 37.1 Å². The van der Waals surface area contributed by atoms with Crippen LogP contribution in [0.2, 0.25) is 5.02 Å². The lowest BCUT2D eigenvalue weighted by molar-refractivity contribution is -0.384. The lowest BCUT2D eigenvalue weighted by Crippen LogP contribution is -2.34. The first-order valence-electron chi connectivity index (χ1n) is 8.68. The average molecular weight is 406 g/mol. The Labute approximate surface area is 167 Å². The van der Waals surface area contributed by atoms with Gasteiger partial charge in [-0.25, -0.2) is 4.79 Å². The molecule has 0 bridgehead atoms. The number of halogens is 1. The van der Waals surface area contributed by atoms with Gasteiger partial charge < -0.3 is 19.7 Å². The molecule has 1 unspecified atom stereocenters. The number of anilines is 1. The number of hydrogen-bond donors (Lipinski definition) is 1. The lowest BCUT2D eigenvalue weighted by Gasteiger charge is -2.26. The van der Waals surface area contributed by atoms with Crippen LogP contribution < -0.4 is 14.8 Å². The highest BCUT2D eigenvalue weighted by Crippen LogP contribution is 2.39. The number of carbonyl (C=O) groups excluding carboxylic acids is 1. The Morgan fingerprint density at radius 2 is 2.04 bits per heavy atom. The normalized spacial score (nSPS) is 16.0. The van der Waals surface area contributed by atoms with Crippen molar-refractivity contribution in [3.8, 4) is 11.5 Å². The van der Waals surface area contributed by atoms with Gasteiger partial charge in [-0.2, -0.15) is 0 Å². The summed E-state index contributed by atoms with van der Waals surface area (Å²) in [5, 5.41) is 13.8. The van der Waals surface area contributed by atoms with Crippen LogP contribution in [0.4, 0.5) is 16.2 Å². The van der Waals surface area contributed by atoms with Crippen molar-refractivity contribution in [1.82, 2.24) is 4.90 Å². The Hall–Kier alpha value is -3.00. The summed E-state index contributed by atoms with van der Waals surface area (Å²) in [6, 6.07) is 9.18. The van der Waals surface area contributed by atoms with Gasteiger partial charge in [0.15, 0.2) is 0 Å². The number of rotatable bonds is 5. The minimum atomic E-state index is -0.584. The van der Waals surface area contributed by atoms with Gasteiger partial charge in [0.2, 0.25) is 0 Å². The quantitative estimate of drug-likeness (QED) is 0.577. The molecule has 1 aliphatic heterocycles. The topological polar surface area (TPSA) is 93.9 Å². The number of hydrogen-bond acceptors (Lipinski definition) is 5. The van der Waals surface area contributed by atoms with Crippen molar-refractivity contribution in [2.45, 2.75) is 18.9 Å². The Kier molecular flexibility index (Phi) is 5.89. The third kappa shape index (κ3) is 3.96. The van der Waals surface area contributed by atoms with Crippen molar-refractivity contribution < 1.29 is 19.2 Å². The molecule has 28 heavy (non-hydrogen) atoms. The van der Waals surface area contributed by atoms with Crippen molar-refractivity contribution in [3.63, 3.8) is 0 Å². The third-order valence-electron chi connectivity index (χ3n) is 4.71. The average Bonchev–Trinajstić information content (AvgIpc) is 3.18. The standard InChI is InChI=1S/C19H20ClN3O5/c1-27-13-6-7-14(18(11-13)28-2)16-4-3-9-22(16)19(24)21-12-5-8-15(20)17(10-12)23(25)26/h5-8,10-11,16H,3-4,9H2,1-2H3,(H,21,24). The molecular weight excluding hydrogens is 386 g/mol. The monoisotopic (exact) mass is 405 g/mol. The number of benzene rings is 2. The summed E-state index contributed by atoms with van der Waals surface area (Å²) in [7, 11) is 3.15. The van der Waals surface area contributed by atoms with Crippen molar-refractivity contribution in [2.75, 3.05) is 26.1 Å². The molecule has 148 valence electrons. The van der Waals surface area contributed by atoms with Crippen LogP contribution in [0.5, 0.6) is 11.5 Å². The van der Waals surface area contributed by atoms with E-state index in [1.807, 2.05) is 12.1 Å². The van der Waals surface area contributed by atoms with Crippen molar-refractivity contribution in [1.29, 1.82) is 0 Å². The first kappa shape index (κ1) is 19.8. The molecule has 3 rings (SSSR count). The molecule has 1 saturated heterocycles. The number of methoxy groups -OCH3 is 2. The zero-order valence-corrected chi connectivity index (χ0v) is 16.2. The first-order chi connectivity index (χ1) is 13.4. The van der Waals surface area contributed by atoms with Gasteiger partial charge in [-0.1, -0.05) is 11.6 Å². The summed E-state index contributed by atoms with van der Waals surface area (Å²) in [6.07, 6.45) is 1.63. The van der Waals surface area contributed by atoms with Gasteiger partial charge in [0.1, 0.15) is 16.5 Å². The Morgan fingerprint density at radius 1 is 1.25 bits per heavy atom. The fourth-order valence-electron chi connectivity index (χ4n) is 3.35. The van der Waals surface area contributed by atoms with Gasteiger partial charge in [0, 0.05) is 29.9 Å². The molecule has 9 heteroatoms. The van der Waals surface area contributed by atoms with Crippen LogP contribution in [-0.2, 0) is 0 Å². The van der Waals surface area contributed by atoms with Gasteiger partial charge in [0.25, 0.3) is 5.69 Å². The van der Waals surface area contributed by atoms with E-state index >= 15 is 0 Å². The fraction of sp³-hybridized carbons (Fsp3) is 0.316. The Bertz CT molecular complexity index is 905. The van der Waals surface area contributed by atoms with Crippen LogP contribution >= 0.6 is 11.6 Å². The molecule has 1 atom stereocenters. The summed E-state index contributed by atoms with van der Waals surface area (Å²) >= 11 is 5.83. The van der Waals surface area contributed by atoms with Gasteiger partial charge in [-0.15, -0.1) is 0 Å². The molecule has 1 fully saturated rings. The second-order valence-corrected chi connectivity index (χ2v) is 6.72. The summed E-state index contributed by atoms with van der Waals surface area (Å²) < 4.78 is 10.7. The van der Waals surface area contributed by atoms with Crippen LogP contribution in [0, 0.1) is 10.1 Å². The van der Waals surface area contributed by atoms with E-state index in [-0.39, 0.29) is 22.8 Å². The van der Waals surface area contributed by atoms with Crippen LogP contribution in [0.25, 0.3) is 0 Å². The highest BCUT2D eigenvalue weighted by Gasteiger charge is 2.32. The van der Waals surface area contributed by atoms with E-state index in [2.05, 4.69) is 5.32 Å². The molecule has 2 amide bonds. The number of nitro benzene ring substituents is 1. The second kappa shape index (κ2) is 8.35. The summed E-state index contributed by atoms with van der Waals surface area (Å²) in [5.41, 5.74) is 0.945. The van der Waals surface area contributed by atoms with Crippen LogP contribution in [0.3, 0.4) is 0 Å². The maximum Gasteiger partial charge on any atom is 0.322 e. The van der Waals surface area contributed by atoms with Gasteiger partial charge in [-0.3, -0.25) is 10.1 Å². The predicted molar refractivity (Wildman–Crippen MR) is 105 cm³/mol. The molecule has 0 spiro atoms. The maximum atomic E-state index is 12.8.